The second kappa shape index (κ2) is 7.71. The summed E-state index contributed by atoms with van der Waals surface area (Å²) in [6.45, 7) is 4.96. The Morgan fingerprint density at radius 3 is 2.94 bits per heavy atom. The molecule has 1 aromatic rings. The maximum atomic E-state index is 11.7. The maximum absolute atomic E-state index is 11.7. The Kier molecular flexibility index (Phi) is 6.21. The smallest absolute Gasteiger partial charge is 0.319 e. The van der Waals surface area contributed by atoms with Crippen molar-refractivity contribution >= 4 is 11.7 Å². The lowest BCUT2D eigenvalue weighted by Gasteiger charge is -2.15. The third-order valence-corrected chi connectivity index (χ3v) is 2.65. The van der Waals surface area contributed by atoms with Crippen LogP contribution in [0.4, 0.5) is 10.5 Å². The number of nitrogens with one attached hydrogen (secondary N) is 2. The van der Waals surface area contributed by atoms with Gasteiger partial charge in [0.2, 0.25) is 0 Å². The van der Waals surface area contributed by atoms with E-state index in [2.05, 4.69) is 22.7 Å². The number of nitrogens with zero attached hydrogens (tertiary/aromatic N) is 2. The van der Waals surface area contributed by atoms with E-state index in [0.29, 0.717) is 12.1 Å². The molecule has 2 amide bonds. The number of anilines is 1. The summed E-state index contributed by atoms with van der Waals surface area (Å²) in [5, 5.41) is 18.5. The number of amides is 2. The second-order valence-electron chi connectivity index (χ2n) is 4.21. The molecule has 3 N–H and O–H groups in total. The Bertz CT molecular complexity index is 365. The molecule has 0 aromatic carbocycles. The molecule has 0 spiro atoms. The van der Waals surface area contributed by atoms with Crippen molar-refractivity contribution in [2.75, 3.05) is 11.9 Å². The normalized spacial score (nSPS) is 12.2. The molecule has 0 aliphatic carbocycles. The van der Waals surface area contributed by atoms with Gasteiger partial charge in [-0.3, -0.25) is 4.68 Å². The van der Waals surface area contributed by atoms with E-state index in [0.717, 1.165) is 19.4 Å². The Morgan fingerprint density at radius 1 is 1.56 bits per heavy atom. The van der Waals surface area contributed by atoms with Crippen LogP contribution in [-0.2, 0) is 6.54 Å². The molecule has 0 aliphatic rings. The summed E-state index contributed by atoms with van der Waals surface area (Å²) >= 11 is 0. The molecule has 1 heterocycles. The van der Waals surface area contributed by atoms with Crippen molar-refractivity contribution in [3.05, 3.63) is 12.4 Å². The number of hydrogen-bond acceptors (Lipinski definition) is 3. The molecular formula is C12H22N4O2. The van der Waals surface area contributed by atoms with Crippen molar-refractivity contribution in [3.63, 3.8) is 0 Å². The zero-order valence-electron chi connectivity index (χ0n) is 11.0. The average Bonchev–Trinajstić information content (AvgIpc) is 2.76. The summed E-state index contributed by atoms with van der Waals surface area (Å²) in [5.41, 5.74) is 0.680. The number of carbonyl (C=O) groups excluding carboxylic acids is 1. The van der Waals surface area contributed by atoms with Crippen LogP contribution >= 0.6 is 0 Å². The summed E-state index contributed by atoms with van der Waals surface area (Å²) in [4.78, 5) is 11.7. The van der Waals surface area contributed by atoms with Crippen LogP contribution in [0.1, 0.15) is 33.1 Å². The fraction of sp³-hybridized carbons (Fsp3) is 0.667. The maximum Gasteiger partial charge on any atom is 0.319 e. The van der Waals surface area contributed by atoms with Crippen molar-refractivity contribution in [1.29, 1.82) is 0 Å². The molecule has 1 unspecified atom stereocenters. The Morgan fingerprint density at radius 2 is 2.33 bits per heavy atom. The molecule has 0 saturated heterocycles. The largest absolute Gasteiger partial charge is 0.396 e. The molecular weight excluding hydrogens is 232 g/mol. The summed E-state index contributed by atoms with van der Waals surface area (Å²) in [6, 6.07) is -0.257. The Balaban J connectivity index is 2.42. The van der Waals surface area contributed by atoms with Crippen molar-refractivity contribution in [2.45, 2.75) is 45.7 Å². The quantitative estimate of drug-likeness (QED) is 0.691. The van der Waals surface area contributed by atoms with Gasteiger partial charge in [0.1, 0.15) is 0 Å². The predicted octanol–water partition coefficient (Wildman–Crippen LogP) is 1.58. The number of rotatable bonds is 7. The highest BCUT2D eigenvalue weighted by atomic mass is 16.3. The van der Waals surface area contributed by atoms with Crippen molar-refractivity contribution in [1.82, 2.24) is 15.1 Å². The van der Waals surface area contributed by atoms with Gasteiger partial charge in [-0.25, -0.2) is 4.79 Å². The zero-order chi connectivity index (χ0) is 13.4. The van der Waals surface area contributed by atoms with Gasteiger partial charge in [0, 0.05) is 25.4 Å². The average molecular weight is 254 g/mol. The molecule has 6 nitrogen and oxygen atoms in total. The van der Waals surface area contributed by atoms with E-state index < -0.39 is 0 Å². The molecule has 1 rings (SSSR count). The highest BCUT2D eigenvalue weighted by molar-refractivity contribution is 5.89. The van der Waals surface area contributed by atoms with Gasteiger partial charge >= 0.3 is 6.03 Å². The van der Waals surface area contributed by atoms with Gasteiger partial charge in [0.05, 0.1) is 11.9 Å². The molecule has 0 radical (unpaired) electrons. The molecule has 18 heavy (non-hydrogen) atoms. The number of aryl methyl sites for hydroxylation is 1. The van der Waals surface area contributed by atoms with Crippen LogP contribution in [0.25, 0.3) is 0 Å². The van der Waals surface area contributed by atoms with E-state index in [1.54, 1.807) is 17.1 Å². The number of carbonyl (C=O) groups is 1. The first kappa shape index (κ1) is 14.5. The molecule has 1 atom stereocenters. The summed E-state index contributed by atoms with van der Waals surface area (Å²) < 4.78 is 1.79. The van der Waals surface area contributed by atoms with Crippen molar-refractivity contribution in [2.24, 2.45) is 0 Å². The zero-order valence-corrected chi connectivity index (χ0v) is 11.0. The third-order valence-electron chi connectivity index (χ3n) is 2.65. The third kappa shape index (κ3) is 4.75. The van der Waals surface area contributed by atoms with Gasteiger partial charge in [-0.2, -0.15) is 5.10 Å². The van der Waals surface area contributed by atoms with E-state index in [4.69, 9.17) is 5.11 Å². The monoisotopic (exact) mass is 254 g/mol. The number of aliphatic hydroxyl groups excluding tert-OH is 1. The lowest BCUT2D eigenvalue weighted by molar-refractivity contribution is 0.237. The van der Waals surface area contributed by atoms with Gasteiger partial charge < -0.3 is 15.7 Å². The summed E-state index contributed by atoms with van der Waals surface area (Å²) in [5.74, 6) is 0. The minimum atomic E-state index is -0.258. The highest BCUT2D eigenvalue weighted by Crippen LogP contribution is 2.05. The topological polar surface area (TPSA) is 79.2 Å². The standard InChI is InChI=1S/C12H22N4O2/c1-3-6-16-9-11(8-13-16)15-12(18)14-10(4-2)5-7-17/h8-10,17H,3-7H2,1-2H3,(H2,14,15,18). The number of urea groups is 1. The molecule has 0 aliphatic heterocycles. The van der Waals surface area contributed by atoms with E-state index in [-0.39, 0.29) is 18.7 Å². The van der Waals surface area contributed by atoms with E-state index in [9.17, 15) is 4.79 Å². The summed E-state index contributed by atoms with van der Waals surface area (Å²) in [6.07, 6.45) is 5.79. The molecule has 102 valence electrons. The van der Waals surface area contributed by atoms with Gasteiger partial charge in [0.15, 0.2) is 0 Å². The van der Waals surface area contributed by atoms with Gasteiger partial charge in [-0.15, -0.1) is 0 Å². The van der Waals surface area contributed by atoms with E-state index >= 15 is 0 Å². The first-order valence-electron chi connectivity index (χ1n) is 6.40. The fourth-order valence-corrected chi connectivity index (χ4v) is 1.67. The first-order chi connectivity index (χ1) is 8.69. The SMILES string of the molecule is CCCn1cc(NC(=O)NC(CC)CCO)cn1. The Hall–Kier alpha value is -1.56. The van der Waals surface area contributed by atoms with Crippen LogP contribution in [0.2, 0.25) is 0 Å². The van der Waals surface area contributed by atoms with Gasteiger partial charge in [-0.05, 0) is 19.3 Å². The van der Waals surface area contributed by atoms with Crippen LogP contribution in [0.15, 0.2) is 12.4 Å². The van der Waals surface area contributed by atoms with Crippen molar-refractivity contribution in [3.8, 4) is 0 Å². The van der Waals surface area contributed by atoms with Crippen LogP contribution < -0.4 is 10.6 Å². The van der Waals surface area contributed by atoms with Crippen LogP contribution in [0, 0.1) is 0 Å². The number of aromatic nitrogens is 2. The molecule has 6 heteroatoms. The molecule has 0 saturated carbocycles. The summed E-state index contributed by atoms with van der Waals surface area (Å²) in [7, 11) is 0. The second-order valence-corrected chi connectivity index (χ2v) is 4.21. The number of hydrogen-bond donors (Lipinski definition) is 3. The molecule has 0 fully saturated rings. The predicted molar refractivity (Wildman–Crippen MR) is 70.5 cm³/mol. The van der Waals surface area contributed by atoms with Crippen molar-refractivity contribution < 1.29 is 9.90 Å². The minimum Gasteiger partial charge on any atom is -0.396 e. The molecule has 1 aromatic heterocycles. The number of aliphatic hydroxyl groups is 1. The van der Waals surface area contributed by atoms with Gasteiger partial charge in [-0.1, -0.05) is 13.8 Å². The Labute approximate surface area is 107 Å². The lowest BCUT2D eigenvalue weighted by atomic mass is 10.2. The fourth-order valence-electron chi connectivity index (χ4n) is 1.67. The molecule has 0 bridgehead atoms. The van der Waals surface area contributed by atoms with E-state index in [1.165, 1.54) is 0 Å². The first-order valence-corrected chi connectivity index (χ1v) is 6.40. The highest BCUT2D eigenvalue weighted by Gasteiger charge is 2.10. The van der Waals surface area contributed by atoms with E-state index in [1.807, 2.05) is 6.92 Å². The van der Waals surface area contributed by atoms with Crippen LogP contribution in [0.5, 0.6) is 0 Å². The minimum absolute atomic E-state index is 0.000636. The van der Waals surface area contributed by atoms with Crippen LogP contribution in [-0.4, -0.2) is 33.6 Å². The lowest BCUT2D eigenvalue weighted by Crippen LogP contribution is -2.38. The van der Waals surface area contributed by atoms with Gasteiger partial charge in [0.25, 0.3) is 0 Å². The van der Waals surface area contributed by atoms with Crippen LogP contribution in [0.3, 0.4) is 0 Å².